The Morgan fingerprint density at radius 2 is 2.05 bits per heavy atom. The number of nitrogens with zero attached hydrogens (tertiary/aromatic N) is 3. The van der Waals surface area contributed by atoms with Crippen LogP contribution in [0.1, 0.15) is 17.1 Å². The lowest BCUT2D eigenvalue weighted by Gasteiger charge is -2.08. The monoisotopic (exact) mass is 259 g/mol. The van der Waals surface area contributed by atoms with Crippen molar-refractivity contribution in [3.63, 3.8) is 0 Å². The van der Waals surface area contributed by atoms with Gasteiger partial charge < -0.3 is 15.7 Å². The zero-order valence-electron chi connectivity index (χ0n) is 11.0. The van der Waals surface area contributed by atoms with Gasteiger partial charge in [-0.15, -0.1) is 0 Å². The van der Waals surface area contributed by atoms with E-state index in [0.29, 0.717) is 18.2 Å². The molecule has 0 amide bonds. The Morgan fingerprint density at radius 3 is 2.79 bits per heavy atom. The van der Waals surface area contributed by atoms with E-state index < -0.39 is 0 Å². The van der Waals surface area contributed by atoms with Crippen molar-refractivity contribution in [1.82, 2.24) is 15.0 Å². The molecule has 0 radical (unpaired) electrons. The number of rotatable bonds is 5. The number of aliphatic hydroxyl groups is 1. The molecule has 3 N–H and O–H groups in total. The minimum atomic E-state index is -0.157. The molecule has 100 valence electrons. The van der Waals surface area contributed by atoms with Crippen LogP contribution in [0.5, 0.6) is 0 Å². The molecule has 19 heavy (non-hydrogen) atoms. The molecule has 0 aliphatic rings. The van der Waals surface area contributed by atoms with Crippen LogP contribution in [0.15, 0.2) is 24.4 Å². The fourth-order valence-electron chi connectivity index (χ4n) is 1.70. The van der Waals surface area contributed by atoms with Crippen LogP contribution in [0.2, 0.25) is 0 Å². The first-order valence-electron chi connectivity index (χ1n) is 6.03. The molecule has 0 spiro atoms. The van der Waals surface area contributed by atoms with Crippen LogP contribution in [0.25, 0.3) is 0 Å². The van der Waals surface area contributed by atoms with Crippen molar-refractivity contribution in [3.05, 3.63) is 41.5 Å². The molecule has 0 fully saturated rings. The highest BCUT2D eigenvalue weighted by atomic mass is 16.3. The molecule has 0 atom stereocenters. The van der Waals surface area contributed by atoms with Crippen molar-refractivity contribution in [2.24, 2.45) is 0 Å². The van der Waals surface area contributed by atoms with Crippen molar-refractivity contribution in [2.75, 3.05) is 17.7 Å². The van der Waals surface area contributed by atoms with Gasteiger partial charge in [-0.2, -0.15) is 0 Å². The number of anilines is 2. The quantitative estimate of drug-likeness (QED) is 0.751. The third-order valence-corrected chi connectivity index (χ3v) is 2.60. The third kappa shape index (κ3) is 3.62. The van der Waals surface area contributed by atoms with E-state index >= 15 is 0 Å². The first kappa shape index (κ1) is 13.2. The van der Waals surface area contributed by atoms with Crippen LogP contribution in [0, 0.1) is 6.92 Å². The Hall–Kier alpha value is -2.21. The van der Waals surface area contributed by atoms with E-state index in [1.807, 2.05) is 32.2 Å². The number of aryl methyl sites for hydroxylation is 1. The number of aromatic nitrogens is 3. The summed E-state index contributed by atoms with van der Waals surface area (Å²) in [5.74, 6) is 1.96. The summed E-state index contributed by atoms with van der Waals surface area (Å²) >= 11 is 0. The van der Waals surface area contributed by atoms with E-state index in [1.165, 1.54) is 0 Å². The predicted octanol–water partition coefficient (Wildman–Crippen LogP) is 1.33. The normalized spacial score (nSPS) is 10.3. The van der Waals surface area contributed by atoms with Gasteiger partial charge in [0.25, 0.3) is 0 Å². The standard InChI is InChI=1S/C13H17N5O/c1-9-5-12(18-13(8-19)17-9)16-7-10-3-4-15-11(6-10)14-2/h3-6,19H,7-8H2,1-2H3,(H,14,15)(H,16,17,18). The number of aliphatic hydroxyl groups excluding tert-OH is 1. The molecule has 0 aromatic carbocycles. The molecule has 2 aromatic heterocycles. The van der Waals surface area contributed by atoms with Crippen LogP contribution >= 0.6 is 0 Å². The smallest absolute Gasteiger partial charge is 0.156 e. The maximum atomic E-state index is 9.07. The number of nitrogens with one attached hydrogen (secondary N) is 2. The molecule has 6 heteroatoms. The molecule has 0 bridgehead atoms. The van der Waals surface area contributed by atoms with E-state index in [0.717, 1.165) is 17.1 Å². The van der Waals surface area contributed by atoms with Crippen LogP contribution in [0.3, 0.4) is 0 Å². The summed E-state index contributed by atoms with van der Waals surface area (Å²) in [7, 11) is 1.83. The molecule has 0 aliphatic heterocycles. The van der Waals surface area contributed by atoms with Crippen molar-refractivity contribution >= 4 is 11.6 Å². The molecule has 2 aromatic rings. The molecule has 2 heterocycles. The van der Waals surface area contributed by atoms with Gasteiger partial charge in [-0.1, -0.05) is 0 Å². The second-order valence-corrected chi connectivity index (χ2v) is 4.12. The van der Waals surface area contributed by atoms with Gasteiger partial charge in [0.05, 0.1) is 0 Å². The van der Waals surface area contributed by atoms with Crippen LogP contribution in [-0.2, 0) is 13.2 Å². The Bertz CT molecular complexity index is 558. The van der Waals surface area contributed by atoms with Gasteiger partial charge in [-0.3, -0.25) is 0 Å². The molecule has 0 saturated carbocycles. The van der Waals surface area contributed by atoms with E-state index in [4.69, 9.17) is 5.11 Å². The van der Waals surface area contributed by atoms with Crippen LogP contribution in [-0.4, -0.2) is 27.1 Å². The summed E-state index contributed by atoms with van der Waals surface area (Å²) in [5.41, 5.74) is 1.92. The largest absolute Gasteiger partial charge is 0.388 e. The maximum Gasteiger partial charge on any atom is 0.156 e. The predicted molar refractivity (Wildman–Crippen MR) is 73.8 cm³/mol. The minimum absolute atomic E-state index is 0.157. The van der Waals surface area contributed by atoms with E-state index in [2.05, 4.69) is 25.6 Å². The van der Waals surface area contributed by atoms with Crippen molar-refractivity contribution < 1.29 is 5.11 Å². The zero-order valence-corrected chi connectivity index (χ0v) is 11.0. The zero-order chi connectivity index (χ0) is 13.7. The summed E-state index contributed by atoms with van der Waals surface area (Å²) in [6.45, 7) is 2.35. The Kier molecular flexibility index (Phi) is 4.25. The van der Waals surface area contributed by atoms with Gasteiger partial charge >= 0.3 is 0 Å². The molecular formula is C13H17N5O. The third-order valence-electron chi connectivity index (χ3n) is 2.60. The molecule has 0 saturated heterocycles. The Balaban J connectivity index is 2.07. The fraction of sp³-hybridized carbons (Fsp3) is 0.308. The van der Waals surface area contributed by atoms with Crippen LogP contribution < -0.4 is 10.6 Å². The summed E-state index contributed by atoms with van der Waals surface area (Å²) < 4.78 is 0. The Labute approximate surface area is 112 Å². The highest BCUT2D eigenvalue weighted by Crippen LogP contribution is 2.10. The lowest BCUT2D eigenvalue weighted by atomic mass is 10.2. The highest BCUT2D eigenvalue weighted by molar-refractivity contribution is 5.40. The molecule has 2 rings (SSSR count). The van der Waals surface area contributed by atoms with Crippen molar-refractivity contribution in [3.8, 4) is 0 Å². The number of hydrogen-bond donors (Lipinski definition) is 3. The summed E-state index contributed by atoms with van der Waals surface area (Å²) in [4.78, 5) is 12.5. The second kappa shape index (κ2) is 6.10. The second-order valence-electron chi connectivity index (χ2n) is 4.12. The highest BCUT2D eigenvalue weighted by Gasteiger charge is 2.02. The lowest BCUT2D eigenvalue weighted by molar-refractivity contribution is 0.271. The van der Waals surface area contributed by atoms with Gasteiger partial charge in [0.15, 0.2) is 5.82 Å². The first-order chi connectivity index (χ1) is 9.21. The average molecular weight is 259 g/mol. The topological polar surface area (TPSA) is 83.0 Å². The van der Waals surface area contributed by atoms with Gasteiger partial charge in [-0.05, 0) is 24.6 Å². The summed E-state index contributed by atoms with van der Waals surface area (Å²) in [6.07, 6.45) is 1.76. The summed E-state index contributed by atoms with van der Waals surface area (Å²) in [6, 6.07) is 5.75. The fourth-order valence-corrected chi connectivity index (χ4v) is 1.70. The maximum absolute atomic E-state index is 9.07. The van der Waals surface area contributed by atoms with Crippen molar-refractivity contribution in [1.29, 1.82) is 0 Å². The van der Waals surface area contributed by atoms with E-state index in [9.17, 15) is 0 Å². The van der Waals surface area contributed by atoms with Gasteiger partial charge in [0.1, 0.15) is 18.2 Å². The molecule has 0 aliphatic carbocycles. The average Bonchev–Trinajstić information content (AvgIpc) is 2.44. The van der Waals surface area contributed by atoms with Crippen molar-refractivity contribution in [2.45, 2.75) is 20.1 Å². The van der Waals surface area contributed by atoms with Crippen LogP contribution in [0.4, 0.5) is 11.6 Å². The SMILES string of the molecule is CNc1cc(CNc2cc(C)nc(CO)n2)ccn1. The van der Waals surface area contributed by atoms with Gasteiger partial charge in [0.2, 0.25) is 0 Å². The van der Waals surface area contributed by atoms with E-state index in [-0.39, 0.29) is 6.61 Å². The Morgan fingerprint density at radius 1 is 1.21 bits per heavy atom. The number of pyridine rings is 1. The number of hydrogen-bond acceptors (Lipinski definition) is 6. The van der Waals surface area contributed by atoms with Gasteiger partial charge in [0, 0.05) is 31.5 Å². The lowest BCUT2D eigenvalue weighted by Crippen LogP contribution is -2.06. The first-order valence-corrected chi connectivity index (χ1v) is 6.03. The molecule has 6 nitrogen and oxygen atoms in total. The minimum Gasteiger partial charge on any atom is -0.388 e. The van der Waals surface area contributed by atoms with E-state index in [1.54, 1.807) is 6.20 Å². The van der Waals surface area contributed by atoms with Gasteiger partial charge in [-0.25, -0.2) is 15.0 Å². The molecular weight excluding hydrogens is 242 g/mol. The molecule has 0 unspecified atom stereocenters. The summed E-state index contributed by atoms with van der Waals surface area (Å²) in [5, 5.41) is 15.3.